The number of halogens is 1. The number of hydrogen-bond donors (Lipinski definition) is 1. The second kappa shape index (κ2) is 7.53. The zero-order valence-electron chi connectivity index (χ0n) is 10.9. The first-order valence-corrected chi connectivity index (χ1v) is 7.01. The lowest BCUT2D eigenvalue weighted by atomic mass is 10.3. The van der Waals surface area contributed by atoms with Crippen LogP contribution in [0.4, 0.5) is 5.69 Å². The van der Waals surface area contributed by atoms with Gasteiger partial charge in [0, 0.05) is 15.8 Å². The van der Waals surface area contributed by atoms with Crippen LogP contribution in [0.15, 0.2) is 36.4 Å². The van der Waals surface area contributed by atoms with Gasteiger partial charge in [-0.25, -0.2) is 0 Å². The third-order valence-corrected chi connectivity index (χ3v) is 3.16. The average molecular weight is 358 g/mol. The number of benzene rings is 1. The summed E-state index contributed by atoms with van der Waals surface area (Å²) in [5.74, 6) is 0.0132. The van der Waals surface area contributed by atoms with Crippen LogP contribution in [-0.2, 0) is 4.79 Å². The number of amides is 1. The first-order chi connectivity index (χ1) is 8.51. The van der Waals surface area contributed by atoms with Gasteiger partial charge in [0.25, 0.3) is 0 Å². The molecule has 0 saturated heterocycles. The molecular weight excluding hydrogens is 339 g/mol. The third-order valence-electron chi connectivity index (χ3n) is 2.44. The summed E-state index contributed by atoms with van der Waals surface area (Å²) < 4.78 is 1.16. The maximum atomic E-state index is 11.9. The molecule has 0 aliphatic carbocycles. The Kier molecular flexibility index (Phi) is 6.35. The van der Waals surface area contributed by atoms with Gasteiger partial charge in [-0.1, -0.05) is 19.1 Å². The molecular formula is C14H19IN2O. The Balaban J connectivity index is 2.49. The van der Waals surface area contributed by atoms with Crippen LogP contribution in [0.25, 0.3) is 0 Å². The van der Waals surface area contributed by atoms with Crippen molar-refractivity contribution in [3.8, 4) is 0 Å². The van der Waals surface area contributed by atoms with E-state index in [9.17, 15) is 4.79 Å². The SMILES string of the molecule is C=C(C)CN(CC)CC(=O)Nc1ccc(I)cc1. The molecule has 0 radical (unpaired) electrons. The van der Waals surface area contributed by atoms with E-state index in [2.05, 4.69) is 39.4 Å². The number of likely N-dealkylation sites (N-methyl/N-ethyl adjacent to an activating group) is 1. The van der Waals surface area contributed by atoms with E-state index in [-0.39, 0.29) is 5.91 Å². The summed E-state index contributed by atoms with van der Waals surface area (Å²) in [6, 6.07) is 7.77. The largest absolute Gasteiger partial charge is 0.325 e. The van der Waals surface area contributed by atoms with Crippen LogP contribution in [0, 0.1) is 3.57 Å². The van der Waals surface area contributed by atoms with E-state index < -0.39 is 0 Å². The van der Waals surface area contributed by atoms with Crippen molar-refractivity contribution in [2.75, 3.05) is 25.0 Å². The Bertz CT molecular complexity index is 414. The predicted molar refractivity (Wildman–Crippen MR) is 84.7 cm³/mol. The lowest BCUT2D eigenvalue weighted by Gasteiger charge is -2.19. The van der Waals surface area contributed by atoms with Crippen LogP contribution in [-0.4, -0.2) is 30.4 Å². The first kappa shape index (κ1) is 15.2. The summed E-state index contributed by atoms with van der Waals surface area (Å²) in [7, 11) is 0. The number of nitrogens with one attached hydrogen (secondary N) is 1. The fraction of sp³-hybridized carbons (Fsp3) is 0.357. The molecule has 0 unspecified atom stereocenters. The summed E-state index contributed by atoms with van der Waals surface area (Å²) in [6.07, 6.45) is 0. The lowest BCUT2D eigenvalue weighted by molar-refractivity contribution is -0.117. The minimum absolute atomic E-state index is 0.0132. The van der Waals surface area contributed by atoms with Crippen molar-refractivity contribution in [2.24, 2.45) is 0 Å². The molecule has 3 nitrogen and oxygen atoms in total. The van der Waals surface area contributed by atoms with E-state index in [1.165, 1.54) is 0 Å². The molecule has 0 saturated carbocycles. The topological polar surface area (TPSA) is 32.3 Å². The van der Waals surface area contributed by atoms with Crippen LogP contribution < -0.4 is 5.32 Å². The molecule has 0 aliphatic rings. The van der Waals surface area contributed by atoms with Crippen LogP contribution >= 0.6 is 22.6 Å². The summed E-state index contributed by atoms with van der Waals surface area (Å²) in [4.78, 5) is 13.9. The van der Waals surface area contributed by atoms with Crippen molar-refractivity contribution < 1.29 is 4.79 Å². The van der Waals surface area contributed by atoms with E-state index in [0.29, 0.717) is 6.54 Å². The van der Waals surface area contributed by atoms with E-state index in [0.717, 1.165) is 27.9 Å². The Morgan fingerprint density at radius 3 is 2.44 bits per heavy atom. The number of carbonyl (C=O) groups excluding carboxylic acids is 1. The Labute approximate surface area is 122 Å². The van der Waals surface area contributed by atoms with Crippen LogP contribution in [0.5, 0.6) is 0 Å². The second-order valence-corrected chi connectivity index (χ2v) is 5.56. The van der Waals surface area contributed by atoms with Crippen LogP contribution in [0.1, 0.15) is 13.8 Å². The standard InChI is InChI=1S/C14H19IN2O/c1-4-17(9-11(2)3)10-14(18)16-13-7-5-12(15)6-8-13/h5-8H,2,4,9-10H2,1,3H3,(H,16,18). The number of anilines is 1. The number of nitrogens with zero attached hydrogens (tertiary/aromatic N) is 1. The fourth-order valence-corrected chi connectivity index (χ4v) is 1.96. The molecule has 0 aromatic heterocycles. The molecule has 0 heterocycles. The van der Waals surface area contributed by atoms with Gasteiger partial charge in [0.2, 0.25) is 5.91 Å². The van der Waals surface area contributed by atoms with Crippen molar-refractivity contribution in [3.05, 3.63) is 40.0 Å². The van der Waals surface area contributed by atoms with E-state index >= 15 is 0 Å². The van der Waals surface area contributed by atoms with Crippen molar-refractivity contribution >= 4 is 34.2 Å². The summed E-state index contributed by atoms with van der Waals surface area (Å²) in [5.41, 5.74) is 1.91. The van der Waals surface area contributed by atoms with Gasteiger partial charge in [-0.2, -0.15) is 0 Å². The molecule has 1 aromatic rings. The van der Waals surface area contributed by atoms with Gasteiger partial charge < -0.3 is 5.32 Å². The maximum absolute atomic E-state index is 11.9. The molecule has 0 spiro atoms. The maximum Gasteiger partial charge on any atom is 0.238 e. The Morgan fingerprint density at radius 2 is 1.94 bits per heavy atom. The minimum Gasteiger partial charge on any atom is -0.325 e. The smallest absolute Gasteiger partial charge is 0.238 e. The van der Waals surface area contributed by atoms with E-state index in [1.807, 2.05) is 38.1 Å². The van der Waals surface area contributed by atoms with Crippen LogP contribution in [0.3, 0.4) is 0 Å². The lowest BCUT2D eigenvalue weighted by Crippen LogP contribution is -2.34. The molecule has 1 aromatic carbocycles. The van der Waals surface area contributed by atoms with E-state index in [4.69, 9.17) is 0 Å². The molecule has 1 rings (SSSR count). The Hall–Kier alpha value is -0.880. The molecule has 98 valence electrons. The van der Waals surface area contributed by atoms with Crippen LogP contribution in [0.2, 0.25) is 0 Å². The second-order valence-electron chi connectivity index (χ2n) is 4.32. The van der Waals surface area contributed by atoms with Gasteiger partial charge in [-0.15, -0.1) is 0 Å². The molecule has 0 aliphatic heterocycles. The average Bonchev–Trinajstić information content (AvgIpc) is 2.30. The number of carbonyl (C=O) groups is 1. The number of rotatable bonds is 6. The predicted octanol–water partition coefficient (Wildman–Crippen LogP) is 3.13. The molecule has 0 bridgehead atoms. The van der Waals surface area contributed by atoms with Gasteiger partial charge >= 0.3 is 0 Å². The minimum atomic E-state index is 0.0132. The van der Waals surface area contributed by atoms with Gasteiger partial charge in [-0.3, -0.25) is 9.69 Å². The van der Waals surface area contributed by atoms with Gasteiger partial charge in [-0.05, 0) is 60.3 Å². The highest BCUT2D eigenvalue weighted by molar-refractivity contribution is 14.1. The molecule has 0 atom stereocenters. The quantitative estimate of drug-likeness (QED) is 0.626. The molecule has 4 heteroatoms. The van der Waals surface area contributed by atoms with Crippen molar-refractivity contribution in [1.29, 1.82) is 0 Å². The normalized spacial score (nSPS) is 10.4. The Morgan fingerprint density at radius 1 is 1.33 bits per heavy atom. The molecule has 18 heavy (non-hydrogen) atoms. The summed E-state index contributed by atoms with van der Waals surface area (Å²) in [5, 5.41) is 2.89. The van der Waals surface area contributed by atoms with Gasteiger partial charge in [0.1, 0.15) is 0 Å². The highest BCUT2D eigenvalue weighted by Gasteiger charge is 2.09. The molecule has 1 amide bonds. The first-order valence-electron chi connectivity index (χ1n) is 5.93. The van der Waals surface area contributed by atoms with Crippen molar-refractivity contribution in [3.63, 3.8) is 0 Å². The third kappa shape index (κ3) is 5.64. The van der Waals surface area contributed by atoms with Gasteiger partial charge in [0.15, 0.2) is 0 Å². The van der Waals surface area contributed by atoms with E-state index in [1.54, 1.807) is 0 Å². The zero-order valence-corrected chi connectivity index (χ0v) is 13.0. The molecule has 1 N–H and O–H groups in total. The highest BCUT2D eigenvalue weighted by Crippen LogP contribution is 2.11. The van der Waals surface area contributed by atoms with Crippen molar-refractivity contribution in [1.82, 2.24) is 4.90 Å². The zero-order chi connectivity index (χ0) is 13.5. The summed E-state index contributed by atoms with van der Waals surface area (Å²) in [6.45, 7) is 9.88. The van der Waals surface area contributed by atoms with Crippen molar-refractivity contribution in [2.45, 2.75) is 13.8 Å². The monoisotopic (exact) mass is 358 g/mol. The fourth-order valence-electron chi connectivity index (χ4n) is 1.60. The van der Waals surface area contributed by atoms with Gasteiger partial charge in [0.05, 0.1) is 6.54 Å². The number of hydrogen-bond acceptors (Lipinski definition) is 2. The summed E-state index contributed by atoms with van der Waals surface area (Å²) >= 11 is 2.24. The molecule has 0 fully saturated rings. The highest BCUT2D eigenvalue weighted by atomic mass is 127.